The molecule has 20 heavy (non-hydrogen) atoms. The number of Topliss-reactive ketones (excluding diaryl/α,β-unsaturated/α-hetero) is 1. The fourth-order valence-electron chi connectivity index (χ4n) is 2.24. The number of amides is 2. The van der Waals surface area contributed by atoms with Crippen LogP contribution in [0.25, 0.3) is 0 Å². The van der Waals surface area contributed by atoms with Gasteiger partial charge in [-0.15, -0.1) is 0 Å². The van der Waals surface area contributed by atoms with E-state index in [2.05, 4.69) is 0 Å². The van der Waals surface area contributed by atoms with Crippen molar-refractivity contribution in [3.8, 4) is 0 Å². The first-order valence-corrected chi connectivity index (χ1v) is 6.56. The van der Waals surface area contributed by atoms with Crippen LogP contribution in [0.4, 0.5) is 4.39 Å². The molecule has 106 valence electrons. The maximum absolute atomic E-state index is 12.8. The van der Waals surface area contributed by atoms with E-state index in [1.54, 1.807) is 13.8 Å². The molecule has 1 heterocycles. The zero-order valence-corrected chi connectivity index (χ0v) is 11.4. The molecular weight excluding hydrogens is 261 g/mol. The van der Waals surface area contributed by atoms with Crippen LogP contribution in [0.2, 0.25) is 0 Å². The predicted molar refractivity (Wildman–Crippen MR) is 70.4 cm³/mol. The molecule has 0 N–H and O–H groups in total. The molecule has 1 aromatic rings. The van der Waals surface area contributed by atoms with E-state index in [-0.39, 0.29) is 42.4 Å². The second-order valence-electron chi connectivity index (χ2n) is 5.09. The van der Waals surface area contributed by atoms with Crippen LogP contribution in [0.5, 0.6) is 0 Å². The van der Waals surface area contributed by atoms with Crippen molar-refractivity contribution in [3.05, 3.63) is 35.6 Å². The molecule has 5 heteroatoms. The Kier molecular flexibility index (Phi) is 3.97. The Balaban J connectivity index is 1.99. The van der Waals surface area contributed by atoms with E-state index in [1.165, 1.54) is 24.3 Å². The third kappa shape index (κ3) is 2.61. The molecule has 2 rings (SSSR count). The Morgan fingerprint density at radius 1 is 1.10 bits per heavy atom. The number of benzene rings is 1. The summed E-state index contributed by atoms with van der Waals surface area (Å²) in [5.41, 5.74) is 0.381. The maximum atomic E-state index is 12.8. The lowest BCUT2D eigenvalue weighted by Crippen LogP contribution is -2.32. The monoisotopic (exact) mass is 277 g/mol. The van der Waals surface area contributed by atoms with Crippen molar-refractivity contribution in [2.75, 3.05) is 6.54 Å². The number of halogens is 1. The molecular formula is C15H16FNO3. The number of likely N-dealkylation sites (tertiary alicyclic amines) is 1. The number of rotatable bonds is 4. The molecule has 0 aliphatic carbocycles. The van der Waals surface area contributed by atoms with Gasteiger partial charge in [-0.3, -0.25) is 19.3 Å². The highest BCUT2D eigenvalue weighted by Gasteiger charge is 2.41. The van der Waals surface area contributed by atoms with Crippen molar-refractivity contribution < 1.29 is 18.8 Å². The second kappa shape index (κ2) is 5.53. The minimum atomic E-state index is -0.408. The van der Waals surface area contributed by atoms with Gasteiger partial charge in [0.1, 0.15) is 5.82 Å². The largest absolute Gasteiger partial charge is 0.294 e. The molecule has 1 saturated heterocycles. The number of hydrogen-bond acceptors (Lipinski definition) is 3. The Morgan fingerprint density at radius 2 is 1.60 bits per heavy atom. The average molecular weight is 277 g/mol. The number of carbonyl (C=O) groups is 3. The van der Waals surface area contributed by atoms with Crippen LogP contribution < -0.4 is 0 Å². The quantitative estimate of drug-likeness (QED) is 0.625. The summed E-state index contributed by atoms with van der Waals surface area (Å²) in [5, 5.41) is 0. The molecule has 0 radical (unpaired) electrons. The number of imide groups is 1. The lowest BCUT2D eigenvalue weighted by molar-refractivity contribution is -0.139. The van der Waals surface area contributed by atoms with Crippen LogP contribution in [0.1, 0.15) is 30.6 Å². The van der Waals surface area contributed by atoms with Gasteiger partial charge < -0.3 is 0 Å². The SMILES string of the molecule is CC1C(=O)N(CCC(=O)c2ccc(F)cc2)C(=O)C1C. The molecule has 0 aromatic heterocycles. The van der Waals surface area contributed by atoms with Crippen LogP contribution in [-0.4, -0.2) is 29.0 Å². The number of carbonyl (C=O) groups excluding carboxylic acids is 3. The molecule has 0 saturated carbocycles. The van der Waals surface area contributed by atoms with Crippen LogP contribution in [0.15, 0.2) is 24.3 Å². The predicted octanol–water partition coefficient (Wildman–Crippen LogP) is 2.04. The molecule has 1 aromatic carbocycles. The lowest BCUT2D eigenvalue weighted by atomic mass is 10.00. The summed E-state index contributed by atoms with van der Waals surface area (Å²) in [7, 11) is 0. The minimum absolute atomic E-state index is 0.0581. The van der Waals surface area contributed by atoms with Crippen molar-refractivity contribution >= 4 is 17.6 Å². The van der Waals surface area contributed by atoms with Crippen molar-refractivity contribution in [1.82, 2.24) is 4.90 Å². The first kappa shape index (κ1) is 14.4. The Morgan fingerprint density at radius 3 is 2.10 bits per heavy atom. The maximum Gasteiger partial charge on any atom is 0.232 e. The highest BCUT2D eigenvalue weighted by atomic mass is 19.1. The van der Waals surface area contributed by atoms with Crippen molar-refractivity contribution in [2.45, 2.75) is 20.3 Å². The van der Waals surface area contributed by atoms with E-state index < -0.39 is 5.82 Å². The van der Waals surface area contributed by atoms with E-state index in [9.17, 15) is 18.8 Å². The topological polar surface area (TPSA) is 54.5 Å². The normalized spacial score (nSPS) is 22.4. The first-order chi connectivity index (χ1) is 9.41. The molecule has 1 aliphatic rings. The smallest absolute Gasteiger partial charge is 0.232 e. The molecule has 2 unspecified atom stereocenters. The van der Waals surface area contributed by atoms with Crippen molar-refractivity contribution in [1.29, 1.82) is 0 Å². The van der Waals surface area contributed by atoms with Gasteiger partial charge in [0.15, 0.2) is 5.78 Å². The molecule has 1 fully saturated rings. The third-order valence-electron chi connectivity index (χ3n) is 3.79. The van der Waals surface area contributed by atoms with Crippen LogP contribution in [-0.2, 0) is 9.59 Å². The van der Waals surface area contributed by atoms with E-state index in [0.29, 0.717) is 5.56 Å². The Bertz CT molecular complexity index is 533. The molecule has 2 amide bonds. The zero-order chi connectivity index (χ0) is 14.9. The fourth-order valence-corrected chi connectivity index (χ4v) is 2.24. The van der Waals surface area contributed by atoms with Gasteiger partial charge in [-0.05, 0) is 24.3 Å². The summed E-state index contributed by atoms with van der Waals surface area (Å²) >= 11 is 0. The average Bonchev–Trinajstić information content (AvgIpc) is 2.62. The van der Waals surface area contributed by atoms with Gasteiger partial charge >= 0.3 is 0 Å². The molecule has 4 nitrogen and oxygen atoms in total. The summed E-state index contributed by atoms with van der Waals surface area (Å²) in [6, 6.07) is 5.22. The van der Waals surface area contributed by atoms with Crippen LogP contribution >= 0.6 is 0 Å². The third-order valence-corrected chi connectivity index (χ3v) is 3.79. The van der Waals surface area contributed by atoms with E-state index >= 15 is 0 Å². The van der Waals surface area contributed by atoms with Crippen molar-refractivity contribution in [2.24, 2.45) is 11.8 Å². The van der Waals surface area contributed by atoms with Gasteiger partial charge in [0.05, 0.1) is 0 Å². The van der Waals surface area contributed by atoms with Gasteiger partial charge in [-0.2, -0.15) is 0 Å². The lowest BCUT2D eigenvalue weighted by Gasteiger charge is -2.13. The van der Waals surface area contributed by atoms with Gasteiger partial charge in [0.25, 0.3) is 0 Å². The van der Waals surface area contributed by atoms with E-state index in [1.807, 2.05) is 0 Å². The van der Waals surface area contributed by atoms with Crippen molar-refractivity contribution in [3.63, 3.8) is 0 Å². The Hall–Kier alpha value is -2.04. The van der Waals surface area contributed by atoms with E-state index in [4.69, 9.17) is 0 Å². The molecule has 2 atom stereocenters. The standard InChI is InChI=1S/C15H16FNO3/c1-9-10(2)15(20)17(14(9)19)8-7-13(18)11-3-5-12(16)6-4-11/h3-6,9-10H,7-8H2,1-2H3. The minimum Gasteiger partial charge on any atom is -0.294 e. The van der Waals surface area contributed by atoms with E-state index in [0.717, 1.165) is 4.90 Å². The zero-order valence-electron chi connectivity index (χ0n) is 11.4. The second-order valence-corrected chi connectivity index (χ2v) is 5.09. The molecule has 1 aliphatic heterocycles. The molecule has 0 bridgehead atoms. The summed E-state index contributed by atoms with van der Waals surface area (Å²) in [5.74, 6) is -1.73. The first-order valence-electron chi connectivity index (χ1n) is 6.56. The number of ketones is 1. The van der Waals surface area contributed by atoms with Gasteiger partial charge in [0.2, 0.25) is 11.8 Å². The highest BCUT2D eigenvalue weighted by Crippen LogP contribution is 2.25. The number of hydrogen-bond donors (Lipinski definition) is 0. The fraction of sp³-hybridized carbons (Fsp3) is 0.400. The molecule has 0 spiro atoms. The summed E-state index contributed by atoms with van der Waals surface area (Å²) in [4.78, 5) is 36.8. The summed E-state index contributed by atoms with van der Waals surface area (Å²) < 4.78 is 12.8. The van der Waals surface area contributed by atoms with Crippen LogP contribution in [0.3, 0.4) is 0 Å². The van der Waals surface area contributed by atoms with Gasteiger partial charge in [-0.25, -0.2) is 4.39 Å². The highest BCUT2D eigenvalue weighted by molar-refractivity contribution is 6.05. The summed E-state index contributed by atoms with van der Waals surface area (Å²) in [6.07, 6.45) is 0.0581. The van der Waals surface area contributed by atoms with Crippen LogP contribution in [0, 0.1) is 17.7 Å². The summed E-state index contributed by atoms with van der Waals surface area (Å²) in [6.45, 7) is 3.52. The Labute approximate surface area is 116 Å². The van der Waals surface area contributed by atoms with Gasteiger partial charge in [-0.1, -0.05) is 13.8 Å². The van der Waals surface area contributed by atoms with Gasteiger partial charge in [0, 0.05) is 30.4 Å². The number of nitrogens with zero attached hydrogens (tertiary/aromatic N) is 1.